The lowest BCUT2D eigenvalue weighted by molar-refractivity contribution is 0.102. The first-order chi connectivity index (χ1) is 15.5. The molecule has 3 heterocycles. The molecule has 3 aromatic rings. The Morgan fingerprint density at radius 1 is 1.22 bits per heavy atom. The summed E-state index contributed by atoms with van der Waals surface area (Å²) in [6, 6.07) is 9.50. The number of hydrogen-bond donors (Lipinski definition) is 0. The molecule has 8 nitrogen and oxygen atoms in total. The van der Waals surface area contributed by atoms with E-state index in [0.717, 1.165) is 34.9 Å². The van der Waals surface area contributed by atoms with Crippen molar-refractivity contribution >= 4 is 33.3 Å². The van der Waals surface area contributed by atoms with Crippen LogP contribution in [0.2, 0.25) is 0 Å². The lowest BCUT2D eigenvalue weighted by Crippen LogP contribution is -2.30. The summed E-state index contributed by atoms with van der Waals surface area (Å²) in [6.45, 7) is 2.07. The van der Waals surface area contributed by atoms with Crippen molar-refractivity contribution in [3.63, 3.8) is 0 Å². The first-order valence-corrected chi connectivity index (χ1v) is 13.2. The number of benzene rings is 1. The van der Waals surface area contributed by atoms with Gasteiger partial charge in [0.25, 0.3) is 0 Å². The van der Waals surface area contributed by atoms with E-state index in [4.69, 9.17) is 0 Å². The molecule has 1 aromatic carbocycles. The molecule has 1 aliphatic carbocycles. The van der Waals surface area contributed by atoms with Crippen LogP contribution in [0.25, 0.3) is 11.4 Å². The summed E-state index contributed by atoms with van der Waals surface area (Å²) < 4.78 is 28.1. The molecule has 1 fully saturated rings. The third-order valence-corrected chi connectivity index (χ3v) is 8.51. The van der Waals surface area contributed by atoms with E-state index in [-0.39, 0.29) is 17.3 Å². The van der Waals surface area contributed by atoms with Gasteiger partial charge in [-0.25, -0.2) is 8.42 Å². The van der Waals surface area contributed by atoms with Gasteiger partial charge < -0.3 is 0 Å². The quantitative estimate of drug-likeness (QED) is 0.368. The standard InChI is InChI=1S/C22H23N5O3S2/c1-2-32(29,30)26-11-9-15-12-16(5-8-19(15)26)20(28)14-31-22-25-24-21(27(22)18-6-7-18)17-4-3-10-23-13-17/h3-5,8,10,12-13,18H,2,6-7,9,11,14H2,1H3. The van der Waals surface area contributed by atoms with Gasteiger partial charge in [0, 0.05) is 36.1 Å². The average Bonchev–Trinajstić information content (AvgIpc) is 3.41. The molecule has 1 saturated carbocycles. The second-order valence-electron chi connectivity index (χ2n) is 7.93. The maximum atomic E-state index is 12.9. The largest absolute Gasteiger partial charge is 0.299 e. The van der Waals surface area contributed by atoms with Crippen molar-refractivity contribution in [1.82, 2.24) is 19.7 Å². The van der Waals surface area contributed by atoms with Crippen LogP contribution in [0.4, 0.5) is 5.69 Å². The van der Waals surface area contributed by atoms with Crippen LogP contribution in [-0.2, 0) is 16.4 Å². The monoisotopic (exact) mass is 469 g/mol. The highest BCUT2D eigenvalue weighted by Crippen LogP contribution is 2.41. The maximum Gasteiger partial charge on any atom is 0.234 e. The Morgan fingerprint density at radius 2 is 2.06 bits per heavy atom. The fraction of sp³-hybridized carbons (Fsp3) is 0.364. The van der Waals surface area contributed by atoms with E-state index in [2.05, 4.69) is 19.7 Å². The third kappa shape index (κ3) is 3.93. The van der Waals surface area contributed by atoms with Gasteiger partial charge in [-0.1, -0.05) is 11.8 Å². The zero-order valence-corrected chi connectivity index (χ0v) is 19.3. The second-order valence-corrected chi connectivity index (χ2v) is 11.1. The fourth-order valence-corrected chi connectivity index (χ4v) is 5.99. The number of Topliss-reactive ketones (excluding diaryl/α,β-unsaturated/α-hetero) is 1. The van der Waals surface area contributed by atoms with E-state index in [9.17, 15) is 13.2 Å². The van der Waals surface area contributed by atoms with Crippen molar-refractivity contribution in [3.8, 4) is 11.4 Å². The lowest BCUT2D eigenvalue weighted by atomic mass is 10.1. The highest BCUT2D eigenvalue weighted by Gasteiger charge is 2.31. The average molecular weight is 470 g/mol. The maximum absolute atomic E-state index is 12.9. The van der Waals surface area contributed by atoms with Gasteiger partial charge >= 0.3 is 0 Å². The Morgan fingerprint density at radius 3 is 2.78 bits per heavy atom. The van der Waals surface area contributed by atoms with Gasteiger partial charge in [0.1, 0.15) is 0 Å². The van der Waals surface area contributed by atoms with E-state index < -0.39 is 10.0 Å². The predicted molar refractivity (Wildman–Crippen MR) is 124 cm³/mol. The van der Waals surface area contributed by atoms with Crippen molar-refractivity contribution < 1.29 is 13.2 Å². The van der Waals surface area contributed by atoms with Crippen LogP contribution in [0, 0.1) is 0 Å². The van der Waals surface area contributed by atoms with Gasteiger partial charge in [-0.05, 0) is 62.1 Å². The van der Waals surface area contributed by atoms with Gasteiger partial charge in [-0.2, -0.15) is 0 Å². The van der Waals surface area contributed by atoms with Gasteiger partial charge in [-0.15, -0.1) is 10.2 Å². The molecule has 0 radical (unpaired) electrons. The van der Waals surface area contributed by atoms with Crippen molar-refractivity contribution in [2.75, 3.05) is 22.4 Å². The van der Waals surface area contributed by atoms with E-state index in [0.29, 0.717) is 30.3 Å². The first kappa shape index (κ1) is 21.1. The summed E-state index contributed by atoms with van der Waals surface area (Å²) in [5.41, 5.74) is 3.09. The molecular formula is C22H23N5O3S2. The van der Waals surface area contributed by atoms with Crippen molar-refractivity contribution in [2.45, 2.75) is 37.4 Å². The number of hydrogen-bond acceptors (Lipinski definition) is 7. The molecule has 0 N–H and O–H groups in total. The molecule has 5 rings (SSSR count). The molecule has 2 aliphatic rings. The minimum absolute atomic E-state index is 0.0112. The second kappa shape index (κ2) is 8.32. The number of carbonyl (C=O) groups is 1. The molecule has 166 valence electrons. The number of anilines is 1. The van der Waals surface area contributed by atoms with E-state index in [1.165, 1.54) is 16.1 Å². The van der Waals surface area contributed by atoms with E-state index >= 15 is 0 Å². The topological polar surface area (TPSA) is 98.1 Å². The number of rotatable bonds is 8. The van der Waals surface area contributed by atoms with Gasteiger partial charge in [0.05, 0.1) is 17.2 Å². The molecular weight excluding hydrogens is 446 g/mol. The van der Waals surface area contributed by atoms with Crippen LogP contribution in [0.3, 0.4) is 0 Å². The van der Waals surface area contributed by atoms with Crippen LogP contribution in [0.1, 0.15) is 41.7 Å². The van der Waals surface area contributed by atoms with E-state index in [1.54, 1.807) is 31.5 Å². The van der Waals surface area contributed by atoms with Gasteiger partial charge in [0.15, 0.2) is 16.8 Å². The van der Waals surface area contributed by atoms with Crippen LogP contribution in [-0.4, -0.2) is 52.0 Å². The normalized spacial score (nSPS) is 15.7. The van der Waals surface area contributed by atoms with Crippen LogP contribution in [0.5, 0.6) is 0 Å². The number of nitrogens with zero attached hydrogens (tertiary/aromatic N) is 5. The lowest BCUT2D eigenvalue weighted by Gasteiger charge is -2.18. The van der Waals surface area contributed by atoms with Crippen LogP contribution in [0.15, 0.2) is 47.9 Å². The summed E-state index contributed by atoms with van der Waals surface area (Å²) in [5.74, 6) is 1.08. The Balaban J connectivity index is 1.33. The van der Waals surface area contributed by atoms with Crippen molar-refractivity contribution in [3.05, 3.63) is 53.9 Å². The highest BCUT2D eigenvalue weighted by molar-refractivity contribution is 7.99. The number of carbonyl (C=O) groups excluding carboxylic acids is 1. The first-order valence-electron chi connectivity index (χ1n) is 10.6. The summed E-state index contributed by atoms with van der Waals surface area (Å²) in [5, 5.41) is 9.45. The third-order valence-electron chi connectivity index (χ3n) is 5.78. The smallest absolute Gasteiger partial charge is 0.234 e. The molecule has 0 spiro atoms. The molecule has 0 atom stereocenters. The number of aromatic nitrogens is 4. The molecule has 0 amide bonds. The van der Waals surface area contributed by atoms with Crippen molar-refractivity contribution in [1.29, 1.82) is 0 Å². The molecule has 2 aromatic heterocycles. The fourth-order valence-electron chi connectivity index (χ4n) is 3.93. The zero-order chi connectivity index (χ0) is 22.3. The predicted octanol–water partition coefficient (Wildman–Crippen LogP) is 3.36. The Labute approximate surface area is 191 Å². The SMILES string of the molecule is CCS(=O)(=O)N1CCc2cc(C(=O)CSc3nnc(-c4cccnc4)n3C3CC3)ccc21. The molecule has 0 saturated heterocycles. The minimum Gasteiger partial charge on any atom is -0.299 e. The highest BCUT2D eigenvalue weighted by atomic mass is 32.2. The van der Waals surface area contributed by atoms with Crippen LogP contribution >= 0.6 is 11.8 Å². The minimum atomic E-state index is -3.30. The molecule has 0 unspecified atom stereocenters. The molecule has 10 heteroatoms. The number of sulfonamides is 1. The summed E-state index contributed by atoms with van der Waals surface area (Å²) in [4.78, 5) is 17.1. The van der Waals surface area contributed by atoms with E-state index in [1.807, 2.05) is 18.2 Å². The molecule has 0 bridgehead atoms. The molecule has 1 aliphatic heterocycles. The Hall–Kier alpha value is -2.72. The summed E-state index contributed by atoms with van der Waals surface area (Å²) >= 11 is 1.39. The number of pyridine rings is 1. The summed E-state index contributed by atoms with van der Waals surface area (Å²) in [7, 11) is -3.30. The molecule has 32 heavy (non-hydrogen) atoms. The van der Waals surface area contributed by atoms with Gasteiger partial charge in [0.2, 0.25) is 10.0 Å². The Kier molecular flexibility index (Phi) is 5.50. The number of thioether (sulfide) groups is 1. The summed E-state index contributed by atoms with van der Waals surface area (Å²) in [6.07, 6.45) is 6.27. The number of fused-ring (bicyclic) bond motifs is 1. The van der Waals surface area contributed by atoms with Crippen LogP contribution < -0.4 is 4.31 Å². The Bertz CT molecular complexity index is 1270. The zero-order valence-electron chi connectivity index (χ0n) is 17.6. The number of ketones is 1. The van der Waals surface area contributed by atoms with Crippen molar-refractivity contribution in [2.24, 2.45) is 0 Å². The van der Waals surface area contributed by atoms with Gasteiger partial charge in [-0.3, -0.25) is 18.7 Å².